The van der Waals surface area contributed by atoms with Gasteiger partial charge in [-0.3, -0.25) is 9.59 Å². The zero-order valence-corrected chi connectivity index (χ0v) is 11.3. The molecule has 1 N–H and O–H groups in total. The van der Waals surface area contributed by atoms with Crippen LogP contribution in [-0.4, -0.2) is 29.8 Å². The fourth-order valence-corrected chi connectivity index (χ4v) is 2.27. The first-order valence-electron chi connectivity index (χ1n) is 6.86. The Bertz CT molecular complexity index is 471. The van der Waals surface area contributed by atoms with E-state index in [2.05, 4.69) is 18.3 Å². The molecular weight excluding hydrogens is 240 g/mol. The second-order valence-corrected chi connectivity index (χ2v) is 4.85. The molecule has 0 aliphatic carbocycles. The first-order chi connectivity index (χ1) is 9.22. The monoisotopic (exact) mass is 260 g/mol. The van der Waals surface area contributed by atoms with Gasteiger partial charge >= 0.3 is 11.8 Å². The van der Waals surface area contributed by atoms with Gasteiger partial charge in [0, 0.05) is 19.6 Å². The first-order valence-corrected chi connectivity index (χ1v) is 6.86. The van der Waals surface area contributed by atoms with E-state index in [1.165, 1.54) is 5.56 Å². The average Bonchev–Trinajstić information content (AvgIpc) is 2.46. The minimum Gasteiger partial charge on any atom is -0.348 e. The van der Waals surface area contributed by atoms with Gasteiger partial charge in [0.15, 0.2) is 0 Å². The summed E-state index contributed by atoms with van der Waals surface area (Å²) in [7, 11) is 0. The summed E-state index contributed by atoms with van der Waals surface area (Å²) in [6.07, 6.45) is 2.73. The van der Waals surface area contributed by atoms with Crippen LogP contribution in [0, 0.1) is 0 Å². The normalized spacial score (nSPS) is 13.8. The Labute approximate surface area is 113 Å². The molecule has 2 amide bonds. The van der Waals surface area contributed by atoms with Crippen LogP contribution >= 0.6 is 0 Å². The van der Waals surface area contributed by atoms with Crippen molar-refractivity contribution in [1.82, 2.24) is 10.2 Å². The van der Waals surface area contributed by atoms with Crippen molar-refractivity contribution in [3.05, 3.63) is 35.4 Å². The third-order valence-corrected chi connectivity index (χ3v) is 3.43. The molecule has 0 aromatic heterocycles. The van der Waals surface area contributed by atoms with E-state index < -0.39 is 11.8 Å². The lowest BCUT2D eigenvalue weighted by molar-refractivity contribution is -0.146. The van der Waals surface area contributed by atoms with Crippen molar-refractivity contribution in [2.24, 2.45) is 0 Å². The maximum atomic E-state index is 12.0. The molecule has 0 radical (unpaired) electrons. The maximum Gasteiger partial charge on any atom is 0.312 e. The van der Waals surface area contributed by atoms with E-state index in [4.69, 9.17) is 0 Å². The highest BCUT2D eigenvalue weighted by Gasteiger charge is 2.25. The summed E-state index contributed by atoms with van der Waals surface area (Å²) in [6.45, 7) is 3.79. The maximum absolute atomic E-state index is 12.0. The fraction of sp³-hybridized carbons (Fsp3) is 0.467. The number of unbranched alkanes of at least 4 members (excludes halogenated alkanes) is 1. The summed E-state index contributed by atoms with van der Waals surface area (Å²) in [5.74, 6) is -0.890. The molecule has 0 saturated carbocycles. The number of hydrogen-bond acceptors (Lipinski definition) is 2. The molecule has 1 aliphatic heterocycles. The minimum absolute atomic E-state index is 0.411. The number of carbonyl (C=O) groups is 2. The Morgan fingerprint density at radius 1 is 1.26 bits per heavy atom. The third-order valence-electron chi connectivity index (χ3n) is 3.43. The predicted molar refractivity (Wildman–Crippen MR) is 73.5 cm³/mol. The Balaban J connectivity index is 1.93. The topological polar surface area (TPSA) is 49.4 Å². The molecule has 0 unspecified atom stereocenters. The smallest absolute Gasteiger partial charge is 0.312 e. The number of hydrogen-bond donors (Lipinski definition) is 1. The van der Waals surface area contributed by atoms with Crippen LogP contribution in [0.2, 0.25) is 0 Å². The minimum atomic E-state index is -0.479. The summed E-state index contributed by atoms with van der Waals surface area (Å²) < 4.78 is 0. The summed E-state index contributed by atoms with van der Waals surface area (Å²) in [5, 5.41) is 2.67. The van der Waals surface area contributed by atoms with Gasteiger partial charge in [0.25, 0.3) is 0 Å². The van der Waals surface area contributed by atoms with Crippen LogP contribution in [0.1, 0.15) is 30.9 Å². The Hall–Kier alpha value is -1.84. The number of carbonyl (C=O) groups excluding carboxylic acids is 2. The molecule has 1 aliphatic rings. The van der Waals surface area contributed by atoms with E-state index in [0.29, 0.717) is 19.6 Å². The Kier molecular flexibility index (Phi) is 4.55. The van der Waals surface area contributed by atoms with E-state index in [1.54, 1.807) is 4.90 Å². The van der Waals surface area contributed by atoms with E-state index in [0.717, 1.165) is 24.8 Å². The van der Waals surface area contributed by atoms with Gasteiger partial charge in [-0.25, -0.2) is 0 Å². The summed E-state index contributed by atoms with van der Waals surface area (Å²) in [5.41, 5.74) is 2.42. The standard InChI is InChI=1S/C15H20N2O2/c1-2-3-9-16-14(18)15(19)17-10-8-12-6-4-5-7-13(12)11-17/h4-7H,2-3,8-11H2,1H3,(H,16,18). The average molecular weight is 260 g/mol. The number of benzene rings is 1. The Morgan fingerprint density at radius 2 is 2.00 bits per heavy atom. The molecule has 1 heterocycles. The van der Waals surface area contributed by atoms with Crippen LogP contribution in [0.25, 0.3) is 0 Å². The van der Waals surface area contributed by atoms with Gasteiger partial charge in [-0.1, -0.05) is 37.6 Å². The summed E-state index contributed by atoms with van der Waals surface area (Å²) >= 11 is 0. The van der Waals surface area contributed by atoms with Crippen molar-refractivity contribution in [2.75, 3.05) is 13.1 Å². The molecule has 4 nitrogen and oxygen atoms in total. The van der Waals surface area contributed by atoms with E-state index in [-0.39, 0.29) is 0 Å². The van der Waals surface area contributed by atoms with Crippen LogP contribution in [0.4, 0.5) is 0 Å². The number of nitrogens with one attached hydrogen (secondary N) is 1. The third kappa shape index (κ3) is 3.34. The lowest BCUT2D eigenvalue weighted by Crippen LogP contribution is -2.45. The first kappa shape index (κ1) is 13.6. The zero-order valence-electron chi connectivity index (χ0n) is 11.3. The lowest BCUT2D eigenvalue weighted by atomic mass is 10.00. The molecular formula is C15H20N2O2. The number of amides is 2. The highest BCUT2D eigenvalue weighted by Crippen LogP contribution is 2.18. The molecule has 0 saturated heterocycles. The van der Waals surface area contributed by atoms with Crippen LogP contribution in [0.5, 0.6) is 0 Å². The number of fused-ring (bicyclic) bond motifs is 1. The van der Waals surface area contributed by atoms with Crippen molar-refractivity contribution in [1.29, 1.82) is 0 Å². The van der Waals surface area contributed by atoms with Crippen LogP contribution in [0.15, 0.2) is 24.3 Å². The molecule has 1 aromatic carbocycles. The molecule has 1 aromatic rings. The molecule has 2 rings (SSSR count). The van der Waals surface area contributed by atoms with Crippen LogP contribution in [0.3, 0.4) is 0 Å². The molecule has 0 spiro atoms. The lowest BCUT2D eigenvalue weighted by Gasteiger charge is -2.28. The second-order valence-electron chi connectivity index (χ2n) is 4.85. The summed E-state index contributed by atoms with van der Waals surface area (Å²) in [4.78, 5) is 25.4. The fourth-order valence-electron chi connectivity index (χ4n) is 2.27. The van der Waals surface area contributed by atoms with Gasteiger partial charge in [-0.15, -0.1) is 0 Å². The van der Waals surface area contributed by atoms with Crippen molar-refractivity contribution in [3.63, 3.8) is 0 Å². The van der Waals surface area contributed by atoms with E-state index >= 15 is 0 Å². The van der Waals surface area contributed by atoms with Crippen molar-refractivity contribution in [3.8, 4) is 0 Å². The predicted octanol–water partition coefficient (Wildman–Crippen LogP) is 1.49. The summed E-state index contributed by atoms with van der Waals surface area (Å²) in [6, 6.07) is 8.07. The van der Waals surface area contributed by atoms with Crippen LogP contribution in [-0.2, 0) is 22.6 Å². The van der Waals surface area contributed by atoms with Gasteiger partial charge < -0.3 is 10.2 Å². The van der Waals surface area contributed by atoms with Crippen molar-refractivity contribution in [2.45, 2.75) is 32.7 Å². The molecule has 0 fully saturated rings. The Morgan fingerprint density at radius 3 is 2.74 bits per heavy atom. The quantitative estimate of drug-likeness (QED) is 0.661. The van der Waals surface area contributed by atoms with Crippen molar-refractivity contribution >= 4 is 11.8 Å². The van der Waals surface area contributed by atoms with Gasteiger partial charge in [0.2, 0.25) is 0 Å². The largest absolute Gasteiger partial charge is 0.348 e. The second kappa shape index (κ2) is 6.36. The molecule has 4 heteroatoms. The van der Waals surface area contributed by atoms with Gasteiger partial charge in [-0.2, -0.15) is 0 Å². The highest BCUT2D eigenvalue weighted by atomic mass is 16.2. The van der Waals surface area contributed by atoms with E-state index in [1.807, 2.05) is 18.2 Å². The number of rotatable bonds is 3. The van der Waals surface area contributed by atoms with Crippen molar-refractivity contribution < 1.29 is 9.59 Å². The van der Waals surface area contributed by atoms with Crippen LogP contribution < -0.4 is 5.32 Å². The molecule has 19 heavy (non-hydrogen) atoms. The number of nitrogens with zero attached hydrogens (tertiary/aromatic N) is 1. The molecule has 0 bridgehead atoms. The zero-order chi connectivity index (χ0) is 13.7. The van der Waals surface area contributed by atoms with Gasteiger partial charge in [-0.05, 0) is 24.0 Å². The molecule has 0 atom stereocenters. The SMILES string of the molecule is CCCCNC(=O)C(=O)N1CCc2ccccc2C1. The molecule has 102 valence electrons. The van der Waals surface area contributed by atoms with E-state index in [9.17, 15) is 9.59 Å². The van der Waals surface area contributed by atoms with Gasteiger partial charge in [0.05, 0.1) is 0 Å². The highest BCUT2D eigenvalue weighted by molar-refractivity contribution is 6.35. The van der Waals surface area contributed by atoms with Gasteiger partial charge in [0.1, 0.15) is 0 Å².